The first-order chi connectivity index (χ1) is 31.5. The van der Waals surface area contributed by atoms with Crippen LogP contribution in [-0.2, 0) is 23.9 Å². The van der Waals surface area contributed by atoms with E-state index in [0.29, 0.717) is 35.4 Å². The molecule has 4 aromatic rings. The Morgan fingerprint density at radius 3 is 2.35 bits per heavy atom. The van der Waals surface area contributed by atoms with Crippen molar-refractivity contribution in [1.29, 1.82) is 0 Å². The molecule has 4 aliphatic rings. The molecule has 66 heavy (non-hydrogen) atoms. The Balaban J connectivity index is 1.14. The van der Waals surface area contributed by atoms with Crippen molar-refractivity contribution in [2.75, 3.05) is 19.8 Å². The van der Waals surface area contributed by atoms with Crippen molar-refractivity contribution < 1.29 is 73.9 Å². The number of hydrogen-bond donors (Lipinski definition) is 9. The summed E-state index contributed by atoms with van der Waals surface area (Å²) in [6, 6.07) is 15.5. The van der Waals surface area contributed by atoms with Crippen molar-refractivity contribution in [2.24, 2.45) is 10.9 Å². The number of allylic oxidation sites excluding steroid dienone is 1. The van der Waals surface area contributed by atoms with Crippen LogP contribution in [-0.4, -0.2) is 132 Å². The number of hydrogen-bond acceptors (Lipinski definition) is 18. The molecule has 8 atom stereocenters. The molecule has 19 heteroatoms. The zero-order chi connectivity index (χ0) is 47.1. The number of carboxylic acids is 1. The summed E-state index contributed by atoms with van der Waals surface area (Å²) in [7, 11) is 0. The molecule has 4 heterocycles. The Hall–Kier alpha value is -6.00. The monoisotopic (exact) mass is 913 g/mol. The standard InChI is InChI=1S/C47H51N3O16/c1-24-17-25(2)19-28(18-24)37-36-27(13-15-48-36)21-50(37)66-41-39(55)40(56)42(47(61,23-52)65-44(59)35(43(57)58)46(60,14-16-51)49-29-5-3-4-6-29)64-45(41)63-31-11-12-32-34(20-31)62-22-33(38(32)54)26-7-9-30(53)10-8-26/h7-13,15,17-20,22,29,35,39-42,45,49,51-53,55-56,60-61H,3-6,14,16,21,23H2,1-2H3,(H,57,58). The fourth-order valence-electron chi connectivity index (χ4n) is 9.07. The molecule has 1 aliphatic carbocycles. The molecule has 0 amide bonds. The van der Waals surface area contributed by atoms with E-state index in [0.717, 1.165) is 29.5 Å². The Kier molecular flexibility index (Phi) is 13.2. The van der Waals surface area contributed by atoms with Crippen molar-refractivity contribution in [3.8, 4) is 22.6 Å². The number of fused-ring (bicyclic) bond motifs is 2. The van der Waals surface area contributed by atoms with Crippen molar-refractivity contribution in [1.82, 2.24) is 10.4 Å². The molecule has 350 valence electrons. The van der Waals surface area contributed by atoms with Crippen molar-refractivity contribution in [3.63, 3.8) is 0 Å². The van der Waals surface area contributed by atoms with E-state index < -0.39 is 91.2 Å². The molecule has 9 N–H and O–H groups in total. The third kappa shape index (κ3) is 9.09. The van der Waals surface area contributed by atoms with E-state index in [9.17, 15) is 55.2 Å². The lowest BCUT2D eigenvalue weighted by Gasteiger charge is -2.47. The lowest BCUT2D eigenvalue weighted by Crippen LogP contribution is -2.69. The summed E-state index contributed by atoms with van der Waals surface area (Å²) in [6.07, 6.45) is -3.56. The Morgan fingerprint density at radius 1 is 0.970 bits per heavy atom. The minimum absolute atomic E-state index is 0.00579. The molecule has 1 saturated heterocycles. The molecule has 0 radical (unpaired) electrons. The van der Waals surface area contributed by atoms with Gasteiger partial charge in [0.2, 0.25) is 6.29 Å². The SMILES string of the molecule is Cc1cc(C)cc(C2=C3N=CC=C3CN2OC2C(Oc3ccc4c(=O)c(-c5ccc(O)cc5)coc4c3)OC(C(O)(CO)OC(=O)C(C(=O)O)C(O)(CCO)NC3CCCC3)C(O)C2O)c1. The molecule has 3 aliphatic heterocycles. The van der Waals surface area contributed by atoms with E-state index >= 15 is 0 Å². The van der Waals surface area contributed by atoms with Gasteiger partial charge in [-0.25, -0.2) is 5.06 Å². The van der Waals surface area contributed by atoms with Gasteiger partial charge in [-0.3, -0.25) is 29.5 Å². The number of carboxylic acid groups (broad SMARTS) is 1. The highest BCUT2D eigenvalue weighted by molar-refractivity contribution is 5.95. The number of phenols is 1. The van der Waals surface area contributed by atoms with Gasteiger partial charge >= 0.3 is 11.9 Å². The predicted molar refractivity (Wildman–Crippen MR) is 233 cm³/mol. The molecule has 1 aromatic heterocycles. The van der Waals surface area contributed by atoms with E-state index in [2.05, 4.69) is 10.3 Å². The van der Waals surface area contributed by atoms with Crippen molar-refractivity contribution >= 4 is 34.8 Å². The van der Waals surface area contributed by atoms with E-state index in [1.807, 2.05) is 32.0 Å². The fraction of sp³-hybridized carbons (Fsp3) is 0.404. The summed E-state index contributed by atoms with van der Waals surface area (Å²) in [6.45, 7) is 1.66. The van der Waals surface area contributed by atoms with Gasteiger partial charge in [0.05, 0.1) is 28.9 Å². The summed E-state index contributed by atoms with van der Waals surface area (Å²) in [5.74, 6) is -9.52. The lowest BCUT2D eigenvalue weighted by atomic mass is 9.90. The first-order valence-corrected chi connectivity index (χ1v) is 21.5. The number of ether oxygens (including phenoxy) is 3. The van der Waals surface area contributed by atoms with Gasteiger partial charge in [-0.1, -0.05) is 42.2 Å². The number of aliphatic hydroxyl groups is 6. The molecule has 0 spiro atoms. The highest BCUT2D eigenvalue weighted by atomic mass is 16.8. The van der Waals surface area contributed by atoms with Gasteiger partial charge in [-0.2, -0.15) is 0 Å². The number of aliphatic imine (C=N–C) groups is 1. The third-order valence-corrected chi connectivity index (χ3v) is 12.2. The lowest BCUT2D eigenvalue weighted by molar-refractivity contribution is -0.372. The fourth-order valence-corrected chi connectivity index (χ4v) is 9.07. The maximum atomic E-state index is 13.9. The van der Waals surface area contributed by atoms with Crippen LogP contribution in [0.1, 0.15) is 48.8 Å². The number of aromatic hydroxyl groups is 1. The van der Waals surface area contributed by atoms with Gasteiger partial charge in [0, 0.05) is 42.5 Å². The first kappa shape index (κ1) is 46.5. The summed E-state index contributed by atoms with van der Waals surface area (Å²) in [4.78, 5) is 51.2. The largest absolute Gasteiger partial charge is 0.508 e. The number of hydroxylamine groups is 2. The minimum Gasteiger partial charge on any atom is -0.508 e. The van der Waals surface area contributed by atoms with Crippen LogP contribution in [0.2, 0.25) is 0 Å². The number of rotatable bonds is 16. The number of nitrogens with zero attached hydrogens (tertiary/aromatic N) is 2. The van der Waals surface area contributed by atoms with Crippen LogP contribution in [0, 0.1) is 19.8 Å². The number of nitrogens with one attached hydrogen (secondary N) is 1. The van der Waals surface area contributed by atoms with Crippen LogP contribution in [0.15, 0.2) is 98.5 Å². The average Bonchev–Trinajstić information content (AvgIpc) is 4.02. The second kappa shape index (κ2) is 18.7. The summed E-state index contributed by atoms with van der Waals surface area (Å²) >= 11 is 0. The normalized spacial score (nSPS) is 24.2. The Bertz CT molecular complexity index is 2620. The number of aliphatic hydroxyl groups excluding tert-OH is 4. The van der Waals surface area contributed by atoms with E-state index in [1.165, 1.54) is 41.7 Å². The predicted octanol–water partition coefficient (Wildman–Crippen LogP) is 2.13. The van der Waals surface area contributed by atoms with Gasteiger partial charge in [0.1, 0.15) is 47.9 Å². The molecule has 8 unspecified atom stereocenters. The molecule has 19 nitrogen and oxygen atoms in total. The zero-order valence-corrected chi connectivity index (χ0v) is 35.9. The van der Waals surface area contributed by atoms with Gasteiger partial charge < -0.3 is 59.5 Å². The Labute approximate surface area is 377 Å². The van der Waals surface area contributed by atoms with Crippen LogP contribution in [0.3, 0.4) is 0 Å². The van der Waals surface area contributed by atoms with Gasteiger partial charge in [-0.15, -0.1) is 0 Å². The van der Waals surface area contributed by atoms with Gasteiger partial charge in [0.25, 0.3) is 5.79 Å². The molecular weight excluding hydrogens is 863 g/mol. The second-order valence-electron chi connectivity index (χ2n) is 17.1. The highest BCUT2D eigenvalue weighted by Gasteiger charge is 2.59. The molecule has 0 bridgehead atoms. The zero-order valence-electron chi connectivity index (χ0n) is 35.9. The maximum absolute atomic E-state index is 13.9. The number of carbonyl (C=O) groups is 2. The van der Waals surface area contributed by atoms with Crippen LogP contribution in [0.25, 0.3) is 27.8 Å². The summed E-state index contributed by atoms with van der Waals surface area (Å²) in [5, 5.41) is 92.0. The number of aliphatic carboxylic acids is 1. The molecule has 2 fully saturated rings. The second-order valence-corrected chi connectivity index (χ2v) is 17.1. The summed E-state index contributed by atoms with van der Waals surface area (Å²) in [5.41, 5.74) is 2.15. The Morgan fingerprint density at radius 2 is 1.68 bits per heavy atom. The quantitative estimate of drug-likeness (QED) is 0.0442. The topological polar surface area (TPSA) is 291 Å². The van der Waals surface area contributed by atoms with Crippen molar-refractivity contribution in [3.05, 3.63) is 111 Å². The van der Waals surface area contributed by atoms with Crippen LogP contribution >= 0.6 is 0 Å². The highest BCUT2D eigenvalue weighted by Crippen LogP contribution is 2.41. The smallest absolute Gasteiger partial charge is 0.327 e. The minimum atomic E-state index is -3.32. The third-order valence-electron chi connectivity index (χ3n) is 12.2. The number of phenolic OH excluding ortho intramolecular Hbond substituents is 1. The molecule has 8 rings (SSSR count). The first-order valence-electron chi connectivity index (χ1n) is 21.5. The van der Waals surface area contributed by atoms with E-state index in [1.54, 1.807) is 24.4 Å². The number of benzene rings is 3. The van der Waals surface area contributed by atoms with E-state index in [-0.39, 0.29) is 34.6 Å². The van der Waals surface area contributed by atoms with Crippen LogP contribution in [0.5, 0.6) is 11.5 Å². The average molecular weight is 914 g/mol. The van der Waals surface area contributed by atoms with Gasteiger partial charge in [-0.05, 0) is 74.7 Å². The number of aryl methyl sites for hydroxylation is 2. The molecular formula is C47H51N3O16. The van der Waals surface area contributed by atoms with Crippen LogP contribution in [0.4, 0.5) is 0 Å². The maximum Gasteiger partial charge on any atom is 0.327 e. The molecule has 1 saturated carbocycles. The number of esters is 1. The number of carbonyl (C=O) groups excluding carboxylic acids is 1. The van der Waals surface area contributed by atoms with Gasteiger partial charge in [0.15, 0.2) is 23.6 Å². The van der Waals surface area contributed by atoms with Crippen LogP contribution < -0.4 is 15.5 Å². The van der Waals surface area contributed by atoms with Crippen molar-refractivity contribution in [2.45, 2.75) is 94.2 Å². The van der Waals surface area contributed by atoms with E-state index in [4.69, 9.17) is 23.5 Å². The summed E-state index contributed by atoms with van der Waals surface area (Å²) < 4.78 is 23.5. The molecule has 3 aromatic carbocycles.